The molecule has 154 valence electrons. The summed E-state index contributed by atoms with van der Waals surface area (Å²) in [6.07, 6.45) is 8.75. The normalized spacial score (nSPS) is 11.9. The van der Waals surface area contributed by atoms with Crippen molar-refractivity contribution in [2.75, 3.05) is 0 Å². The maximum atomic E-state index is 12.5. The van der Waals surface area contributed by atoms with Crippen LogP contribution in [0.25, 0.3) is 0 Å². The van der Waals surface area contributed by atoms with Crippen LogP contribution in [0.4, 0.5) is 0 Å². The van der Waals surface area contributed by atoms with E-state index in [2.05, 4.69) is 22.8 Å². The first kappa shape index (κ1) is 22.3. The molecule has 5 nitrogen and oxygen atoms in total. The summed E-state index contributed by atoms with van der Waals surface area (Å²) in [6.45, 7) is 2.20. The Labute approximate surface area is 173 Å². The third kappa shape index (κ3) is 8.73. The number of hydrogen-bond acceptors (Lipinski definition) is 3. The van der Waals surface area contributed by atoms with E-state index in [1.54, 1.807) is 18.3 Å². The smallest absolute Gasteiger partial charge is 0.251 e. The van der Waals surface area contributed by atoms with Gasteiger partial charge < -0.3 is 5.32 Å². The fourth-order valence-corrected chi connectivity index (χ4v) is 3.02. The van der Waals surface area contributed by atoms with Crippen LogP contribution in [0.2, 0.25) is 0 Å². The molecule has 2 aromatic rings. The van der Waals surface area contributed by atoms with Crippen molar-refractivity contribution in [3.05, 3.63) is 71.8 Å². The van der Waals surface area contributed by atoms with Gasteiger partial charge in [0, 0.05) is 11.8 Å². The van der Waals surface area contributed by atoms with Crippen molar-refractivity contribution in [1.82, 2.24) is 10.7 Å². The number of hydrazone groups is 1. The van der Waals surface area contributed by atoms with Gasteiger partial charge in [-0.1, -0.05) is 81.1 Å². The predicted octanol–water partition coefficient (Wildman–Crippen LogP) is 5.01. The largest absolute Gasteiger partial charge is 0.345 e. The molecule has 0 saturated heterocycles. The van der Waals surface area contributed by atoms with Crippen LogP contribution in [0, 0.1) is 0 Å². The highest BCUT2D eigenvalue weighted by atomic mass is 16.2. The minimum Gasteiger partial charge on any atom is -0.345 e. The first-order valence-electron chi connectivity index (χ1n) is 10.4. The van der Waals surface area contributed by atoms with Gasteiger partial charge in [0.25, 0.3) is 5.91 Å². The van der Waals surface area contributed by atoms with Gasteiger partial charge in [-0.15, -0.1) is 0 Å². The molecule has 0 radical (unpaired) electrons. The van der Waals surface area contributed by atoms with Gasteiger partial charge in [-0.05, 0) is 30.5 Å². The molecule has 0 aromatic heterocycles. The maximum Gasteiger partial charge on any atom is 0.251 e. The summed E-state index contributed by atoms with van der Waals surface area (Å²) in [4.78, 5) is 24.9. The lowest BCUT2D eigenvalue weighted by Gasteiger charge is -2.18. The summed E-state index contributed by atoms with van der Waals surface area (Å²) in [5, 5.41) is 7.00. The van der Waals surface area contributed by atoms with Crippen molar-refractivity contribution in [3.8, 4) is 0 Å². The molecule has 2 N–H and O–H groups in total. The van der Waals surface area contributed by atoms with Gasteiger partial charge in [-0.25, -0.2) is 5.43 Å². The van der Waals surface area contributed by atoms with E-state index in [1.807, 2.05) is 48.5 Å². The molecule has 2 aromatic carbocycles. The first-order valence-corrected chi connectivity index (χ1v) is 10.4. The number of rotatable bonds is 12. The second kappa shape index (κ2) is 13.3. The van der Waals surface area contributed by atoms with Crippen molar-refractivity contribution in [1.29, 1.82) is 0 Å². The predicted molar refractivity (Wildman–Crippen MR) is 118 cm³/mol. The molecule has 5 heteroatoms. The Morgan fingerprint density at radius 3 is 2.28 bits per heavy atom. The molecule has 29 heavy (non-hydrogen) atoms. The van der Waals surface area contributed by atoms with Crippen LogP contribution < -0.4 is 10.7 Å². The van der Waals surface area contributed by atoms with E-state index in [0.717, 1.165) is 18.4 Å². The van der Waals surface area contributed by atoms with Gasteiger partial charge in [0.2, 0.25) is 5.91 Å². The lowest BCUT2D eigenvalue weighted by Crippen LogP contribution is -2.32. The summed E-state index contributed by atoms with van der Waals surface area (Å²) in [5.41, 5.74) is 4.02. The summed E-state index contributed by atoms with van der Waals surface area (Å²) in [5.74, 6) is -0.433. The van der Waals surface area contributed by atoms with Gasteiger partial charge in [0.15, 0.2) is 0 Å². The summed E-state index contributed by atoms with van der Waals surface area (Å²) >= 11 is 0. The zero-order chi connectivity index (χ0) is 20.7. The molecule has 0 bridgehead atoms. The molecular weight excluding hydrogens is 362 g/mol. The van der Waals surface area contributed by atoms with Crippen molar-refractivity contribution in [2.45, 2.75) is 57.9 Å². The van der Waals surface area contributed by atoms with Crippen LogP contribution in [-0.2, 0) is 4.79 Å². The van der Waals surface area contributed by atoms with Gasteiger partial charge in [-0.3, -0.25) is 9.59 Å². The van der Waals surface area contributed by atoms with Crippen molar-refractivity contribution in [2.24, 2.45) is 5.10 Å². The minimum absolute atomic E-state index is 0.121. The molecule has 1 atom stereocenters. The molecule has 2 amide bonds. The highest BCUT2D eigenvalue weighted by molar-refractivity contribution is 5.94. The van der Waals surface area contributed by atoms with Gasteiger partial charge in [0.05, 0.1) is 12.5 Å². The number of nitrogens with zero attached hydrogens (tertiary/aromatic N) is 1. The summed E-state index contributed by atoms with van der Waals surface area (Å²) < 4.78 is 0. The summed E-state index contributed by atoms with van der Waals surface area (Å²) in [6, 6.07) is 18.1. The van der Waals surface area contributed by atoms with E-state index in [1.165, 1.54) is 25.7 Å². The second-order valence-electron chi connectivity index (χ2n) is 7.06. The van der Waals surface area contributed by atoms with Crippen molar-refractivity contribution < 1.29 is 9.59 Å². The van der Waals surface area contributed by atoms with Gasteiger partial charge in [-0.2, -0.15) is 5.10 Å². The fourth-order valence-electron chi connectivity index (χ4n) is 3.02. The van der Waals surface area contributed by atoms with Crippen LogP contribution in [0.1, 0.15) is 73.8 Å². The van der Waals surface area contributed by atoms with Crippen LogP contribution in [-0.4, -0.2) is 18.0 Å². The molecule has 0 heterocycles. The lowest BCUT2D eigenvalue weighted by atomic mass is 10.0. The van der Waals surface area contributed by atoms with Crippen molar-refractivity contribution >= 4 is 18.0 Å². The topological polar surface area (TPSA) is 70.6 Å². The lowest BCUT2D eigenvalue weighted by molar-refractivity contribution is -0.121. The Bertz CT molecular complexity index is 760. The number of benzene rings is 2. The van der Waals surface area contributed by atoms with Crippen molar-refractivity contribution in [3.63, 3.8) is 0 Å². The Hall–Kier alpha value is -2.95. The van der Waals surface area contributed by atoms with E-state index >= 15 is 0 Å². The van der Waals surface area contributed by atoms with Crippen LogP contribution in [0.15, 0.2) is 65.8 Å². The Kier molecular flexibility index (Phi) is 10.2. The third-order valence-electron chi connectivity index (χ3n) is 4.65. The standard InChI is InChI=1S/C24H31N3O2/c1-2-3-4-5-6-13-18-25-27-23(28)19-22(20-14-9-7-10-15-20)26-24(29)21-16-11-8-12-17-21/h7-12,14-18,22H,2-6,13,19H2,1H3,(H,26,29)(H,27,28)/b25-18-. The first-order chi connectivity index (χ1) is 14.2. The molecular formula is C24H31N3O2. The molecule has 0 aliphatic heterocycles. The molecule has 2 rings (SSSR count). The van der Waals surface area contributed by atoms with E-state index in [-0.39, 0.29) is 18.2 Å². The van der Waals surface area contributed by atoms with E-state index in [9.17, 15) is 9.59 Å². The SMILES string of the molecule is CCCCCCC/C=N\NC(=O)CC(NC(=O)c1ccccc1)c1ccccc1. The van der Waals surface area contributed by atoms with Crippen LogP contribution >= 0.6 is 0 Å². The Morgan fingerprint density at radius 2 is 1.59 bits per heavy atom. The average Bonchev–Trinajstić information content (AvgIpc) is 2.76. The summed E-state index contributed by atoms with van der Waals surface area (Å²) in [7, 11) is 0. The molecule has 0 spiro atoms. The molecule has 1 unspecified atom stereocenters. The molecule has 0 fully saturated rings. The Balaban J connectivity index is 1.87. The highest BCUT2D eigenvalue weighted by Gasteiger charge is 2.19. The number of carbonyl (C=O) groups excluding carboxylic acids is 2. The Morgan fingerprint density at radius 1 is 0.931 bits per heavy atom. The quantitative estimate of drug-likeness (QED) is 0.302. The third-order valence-corrected chi connectivity index (χ3v) is 4.65. The number of carbonyl (C=O) groups is 2. The van der Waals surface area contributed by atoms with Gasteiger partial charge in [0.1, 0.15) is 0 Å². The number of hydrogen-bond donors (Lipinski definition) is 2. The van der Waals surface area contributed by atoms with Crippen LogP contribution in [0.5, 0.6) is 0 Å². The van der Waals surface area contributed by atoms with Gasteiger partial charge >= 0.3 is 0 Å². The maximum absolute atomic E-state index is 12.5. The average molecular weight is 394 g/mol. The zero-order valence-corrected chi connectivity index (χ0v) is 17.1. The highest BCUT2D eigenvalue weighted by Crippen LogP contribution is 2.17. The molecule has 0 aliphatic carbocycles. The number of amides is 2. The van der Waals surface area contributed by atoms with Crippen LogP contribution in [0.3, 0.4) is 0 Å². The monoisotopic (exact) mass is 393 g/mol. The number of unbranched alkanes of at least 4 members (excludes halogenated alkanes) is 5. The van der Waals surface area contributed by atoms with E-state index in [4.69, 9.17) is 0 Å². The molecule has 0 aliphatic rings. The zero-order valence-electron chi connectivity index (χ0n) is 17.1. The van der Waals surface area contributed by atoms with E-state index < -0.39 is 6.04 Å². The number of nitrogens with one attached hydrogen (secondary N) is 2. The van der Waals surface area contributed by atoms with E-state index in [0.29, 0.717) is 5.56 Å². The minimum atomic E-state index is -0.423. The second-order valence-corrected chi connectivity index (χ2v) is 7.06. The fraction of sp³-hybridized carbons (Fsp3) is 0.375. The molecule has 0 saturated carbocycles.